The Morgan fingerprint density at radius 2 is 2.50 bits per heavy atom. The normalized spacial score (nSPS) is 25.7. The molecule has 0 saturated heterocycles. The minimum absolute atomic E-state index is 0.152. The molecule has 0 unspecified atom stereocenters. The second-order valence-electron chi connectivity index (χ2n) is 2.37. The number of rotatable bonds is 1. The maximum Gasteiger partial charge on any atom is 0.244 e. The van der Waals surface area contributed by atoms with Crippen molar-refractivity contribution >= 4 is 0 Å². The first-order chi connectivity index (χ1) is 4.70. The van der Waals surface area contributed by atoms with Crippen LogP contribution in [-0.4, -0.2) is 16.1 Å². The highest BCUT2D eigenvalue weighted by molar-refractivity contribution is 5.00. The third-order valence-electron chi connectivity index (χ3n) is 1.55. The van der Waals surface area contributed by atoms with E-state index in [1.54, 1.807) is 0 Å². The van der Waals surface area contributed by atoms with Crippen molar-refractivity contribution in [2.75, 3.05) is 0 Å². The van der Waals surface area contributed by atoms with Crippen molar-refractivity contribution in [2.24, 2.45) is 0 Å². The zero-order chi connectivity index (χ0) is 7.56. The van der Waals surface area contributed by atoms with Crippen molar-refractivity contribution in [1.29, 1.82) is 0 Å². The van der Waals surface area contributed by atoms with Crippen molar-refractivity contribution in [2.45, 2.75) is 25.4 Å². The molecule has 0 aromatic carbocycles. The van der Waals surface area contributed by atoms with Gasteiger partial charge in [0.05, 0.1) is 11.0 Å². The molecule has 1 atom stereocenters. The average molecular weight is 143 g/mol. The minimum Gasteiger partial charge on any atom is -0.389 e. The lowest BCUT2D eigenvalue weighted by molar-refractivity contribution is -0.429. The zero-order valence-electron chi connectivity index (χ0n) is 5.49. The fraction of sp³-hybridized carbons (Fsp3) is 0.667. The van der Waals surface area contributed by atoms with Crippen LogP contribution in [0.3, 0.4) is 0 Å². The molecule has 4 heteroatoms. The van der Waals surface area contributed by atoms with E-state index in [1.165, 1.54) is 6.08 Å². The van der Waals surface area contributed by atoms with Crippen LogP contribution in [0.4, 0.5) is 0 Å². The molecule has 0 heterocycles. The first-order valence-electron chi connectivity index (χ1n) is 3.23. The second-order valence-corrected chi connectivity index (χ2v) is 2.37. The molecule has 1 aliphatic carbocycles. The molecule has 0 saturated carbocycles. The Kier molecular flexibility index (Phi) is 2.01. The van der Waals surface area contributed by atoms with Crippen LogP contribution in [0.15, 0.2) is 11.8 Å². The second kappa shape index (κ2) is 2.79. The van der Waals surface area contributed by atoms with E-state index >= 15 is 0 Å². The van der Waals surface area contributed by atoms with Crippen LogP contribution in [0.2, 0.25) is 0 Å². The molecule has 0 spiro atoms. The van der Waals surface area contributed by atoms with E-state index in [9.17, 15) is 10.1 Å². The molecule has 0 radical (unpaired) electrons. The summed E-state index contributed by atoms with van der Waals surface area (Å²) in [5.41, 5.74) is 0.152. The number of allylic oxidation sites excluding steroid dienone is 1. The van der Waals surface area contributed by atoms with Gasteiger partial charge in [0.25, 0.3) is 0 Å². The van der Waals surface area contributed by atoms with E-state index in [-0.39, 0.29) is 5.70 Å². The molecular formula is C6H9NO3. The predicted octanol–water partition coefficient (Wildman–Crippen LogP) is 0.692. The topological polar surface area (TPSA) is 63.4 Å². The van der Waals surface area contributed by atoms with Crippen molar-refractivity contribution in [3.05, 3.63) is 21.9 Å². The molecule has 4 nitrogen and oxygen atoms in total. The van der Waals surface area contributed by atoms with Gasteiger partial charge in [-0.1, -0.05) is 0 Å². The van der Waals surface area contributed by atoms with Crippen molar-refractivity contribution in [3.63, 3.8) is 0 Å². The van der Waals surface area contributed by atoms with Crippen LogP contribution in [0.25, 0.3) is 0 Å². The molecular weight excluding hydrogens is 134 g/mol. The van der Waals surface area contributed by atoms with Gasteiger partial charge in [0.15, 0.2) is 0 Å². The fourth-order valence-corrected chi connectivity index (χ4v) is 1.03. The van der Waals surface area contributed by atoms with Gasteiger partial charge >= 0.3 is 0 Å². The van der Waals surface area contributed by atoms with Gasteiger partial charge in [0.1, 0.15) is 0 Å². The van der Waals surface area contributed by atoms with Gasteiger partial charge in [0.2, 0.25) is 5.70 Å². The Balaban J connectivity index is 2.66. The van der Waals surface area contributed by atoms with E-state index in [2.05, 4.69) is 0 Å². The molecule has 10 heavy (non-hydrogen) atoms. The third-order valence-corrected chi connectivity index (χ3v) is 1.55. The fourth-order valence-electron chi connectivity index (χ4n) is 1.03. The van der Waals surface area contributed by atoms with Crippen molar-refractivity contribution < 1.29 is 10.0 Å². The van der Waals surface area contributed by atoms with E-state index in [0.29, 0.717) is 19.3 Å². The largest absolute Gasteiger partial charge is 0.389 e. The van der Waals surface area contributed by atoms with Crippen molar-refractivity contribution in [1.82, 2.24) is 0 Å². The number of hydrogen-bond donors (Lipinski definition) is 1. The third kappa shape index (κ3) is 1.54. The Morgan fingerprint density at radius 1 is 1.80 bits per heavy atom. The molecule has 1 N–H and O–H groups in total. The predicted molar refractivity (Wildman–Crippen MR) is 34.9 cm³/mol. The lowest BCUT2D eigenvalue weighted by atomic mass is 10.0. The summed E-state index contributed by atoms with van der Waals surface area (Å²) in [5, 5.41) is 19.1. The highest BCUT2D eigenvalue weighted by Gasteiger charge is 2.18. The lowest BCUT2D eigenvalue weighted by Gasteiger charge is -2.09. The summed E-state index contributed by atoms with van der Waals surface area (Å²) in [5.74, 6) is 0. The van der Waals surface area contributed by atoms with Gasteiger partial charge in [-0.25, -0.2) is 0 Å². The van der Waals surface area contributed by atoms with E-state index in [0.717, 1.165) is 0 Å². The van der Waals surface area contributed by atoms with Crippen LogP contribution in [-0.2, 0) is 0 Å². The molecule has 0 aromatic rings. The summed E-state index contributed by atoms with van der Waals surface area (Å²) in [6.07, 6.45) is 2.58. The average Bonchev–Trinajstić information content (AvgIpc) is 1.88. The Labute approximate surface area is 58.3 Å². The molecule has 0 bridgehead atoms. The van der Waals surface area contributed by atoms with Gasteiger partial charge in [-0.05, 0) is 12.8 Å². The molecule has 1 rings (SSSR count). The maximum atomic E-state index is 10.1. The molecule has 56 valence electrons. The zero-order valence-corrected chi connectivity index (χ0v) is 5.49. The highest BCUT2D eigenvalue weighted by Crippen LogP contribution is 2.17. The summed E-state index contributed by atoms with van der Waals surface area (Å²) >= 11 is 0. The standard InChI is InChI=1S/C6H9NO3/c8-6-3-1-2-5(4-6)7(9)10/h4,6,8H,1-3H2/t6-/m1/s1. The van der Waals surface area contributed by atoms with Gasteiger partial charge in [-0.15, -0.1) is 0 Å². The van der Waals surface area contributed by atoms with E-state index < -0.39 is 11.0 Å². The molecule has 0 aliphatic heterocycles. The van der Waals surface area contributed by atoms with Crippen LogP contribution in [0, 0.1) is 10.1 Å². The number of nitro groups is 1. The van der Waals surface area contributed by atoms with Crippen LogP contribution >= 0.6 is 0 Å². The summed E-state index contributed by atoms with van der Waals surface area (Å²) in [6, 6.07) is 0. The summed E-state index contributed by atoms with van der Waals surface area (Å²) in [4.78, 5) is 9.70. The van der Waals surface area contributed by atoms with Gasteiger partial charge in [-0.3, -0.25) is 10.1 Å². The molecule has 1 aliphatic rings. The monoisotopic (exact) mass is 143 g/mol. The SMILES string of the molecule is O=[N+]([O-])C1=C[C@H](O)CCC1. The minimum atomic E-state index is -0.603. The number of hydrogen-bond acceptors (Lipinski definition) is 3. The number of aliphatic hydroxyl groups excluding tert-OH is 1. The summed E-state index contributed by atoms with van der Waals surface area (Å²) < 4.78 is 0. The van der Waals surface area contributed by atoms with Gasteiger partial charge in [0, 0.05) is 12.5 Å². The molecule has 0 aromatic heterocycles. The van der Waals surface area contributed by atoms with Crippen LogP contribution in [0.1, 0.15) is 19.3 Å². The molecule has 0 amide bonds. The first-order valence-corrected chi connectivity index (χ1v) is 3.23. The van der Waals surface area contributed by atoms with Crippen LogP contribution < -0.4 is 0 Å². The van der Waals surface area contributed by atoms with Gasteiger partial charge < -0.3 is 5.11 Å². The highest BCUT2D eigenvalue weighted by atomic mass is 16.6. The summed E-state index contributed by atoms with van der Waals surface area (Å²) in [6.45, 7) is 0. The van der Waals surface area contributed by atoms with Crippen LogP contribution in [0.5, 0.6) is 0 Å². The Hall–Kier alpha value is -0.900. The van der Waals surface area contributed by atoms with Crippen molar-refractivity contribution in [3.8, 4) is 0 Å². The maximum absolute atomic E-state index is 10.1. The van der Waals surface area contributed by atoms with Gasteiger partial charge in [-0.2, -0.15) is 0 Å². The van der Waals surface area contributed by atoms with E-state index in [4.69, 9.17) is 5.11 Å². The van der Waals surface area contributed by atoms with E-state index in [1.807, 2.05) is 0 Å². The number of nitrogens with zero attached hydrogens (tertiary/aromatic N) is 1. The Morgan fingerprint density at radius 3 is 2.90 bits per heavy atom. The quantitative estimate of drug-likeness (QED) is 0.434. The lowest BCUT2D eigenvalue weighted by Crippen LogP contribution is -2.12. The Bertz CT molecular complexity index is 176. The molecule has 0 fully saturated rings. The number of aliphatic hydroxyl groups is 1. The smallest absolute Gasteiger partial charge is 0.244 e. The summed E-state index contributed by atoms with van der Waals surface area (Å²) in [7, 11) is 0. The first kappa shape index (κ1) is 7.21.